The Labute approximate surface area is 222 Å². The molecule has 9 nitrogen and oxygen atoms in total. The number of pyridine rings is 1. The third-order valence-corrected chi connectivity index (χ3v) is 7.83. The van der Waals surface area contributed by atoms with Crippen molar-refractivity contribution < 1.29 is 36.0 Å². The molecule has 0 aliphatic carbocycles. The third-order valence-electron chi connectivity index (χ3n) is 6.33. The van der Waals surface area contributed by atoms with Crippen molar-refractivity contribution in [1.29, 1.82) is 0 Å². The van der Waals surface area contributed by atoms with Gasteiger partial charge >= 0.3 is 11.5 Å². The minimum Gasteiger partial charge on any atom is -0.322 e. The van der Waals surface area contributed by atoms with Crippen molar-refractivity contribution in [2.45, 2.75) is 43.3 Å². The molecule has 0 radical (unpaired) electrons. The number of amides is 4. The molecule has 204 valence electrons. The Kier molecular flexibility index (Phi) is 6.98. The number of aromatic nitrogens is 1. The van der Waals surface area contributed by atoms with Crippen molar-refractivity contribution in [3.8, 4) is 0 Å². The lowest BCUT2D eigenvalue weighted by Gasteiger charge is -2.28. The second kappa shape index (κ2) is 9.80. The molecule has 2 aromatic carbocycles. The van der Waals surface area contributed by atoms with Crippen molar-refractivity contribution in [3.63, 3.8) is 0 Å². The van der Waals surface area contributed by atoms with Crippen LogP contribution in [0.4, 0.5) is 29.3 Å². The van der Waals surface area contributed by atoms with Crippen LogP contribution in [0.25, 0.3) is 0 Å². The van der Waals surface area contributed by atoms with E-state index in [9.17, 15) is 36.0 Å². The fourth-order valence-electron chi connectivity index (χ4n) is 4.01. The number of benzene rings is 2. The lowest BCUT2D eigenvalue weighted by atomic mass is 10.0. The highest BCUT2D eigenvalue weighted by Crippen LogP contribution is 2.36. The zero-order valence-corrected chi connectivity index (χ0v) is 21.8. The molecule has 4 amide bonds. The summed E-state index contributed by atoms with van der Waals surface area (Å²) in [7, 11) is -5.60. The lowest BCUT2D eigenvalue weighted by molar-refractivity contribution is -0.123. The van der Waals surface area contributed by atoms with E-state index in [0.717, 1.165) is 22.6 Å². The van der Waals surface area contributed by atoms with E-state index in [1.54, 1.807) is 12.1 Å². The molecule has 3 aromatic rings. The number of nitrogens with one attached hydrogen (secondary N) is 1. The van der Waals surface area contributed by atoms with Crippen LogP contribution in [0.3, 0.4) is 0 Å². The second-order valence-electron chi connectivity index (χ2n) is 9.36. The highest BCUT2D eigenvalue weighted by molar-refractivity contribution is 7.92. The second-order valence-corrected chi connectivity index (χ2v) is 11.3. The molecule has 0 saturated carbocycles. The largest absolute Gasteiger partial charge is 0.501 e. The van der Waals surface area contributed by atoms with E-state index >= 15 is 0 Å². The van der Waals surface area contributed by atoms with Crippen LogP contribution in [0, 0.1) is 6.92 Å². The van der Waals surface area contributed by atoms with Gasteiger partial charge < -0.3 is 10.2 Å². The molecule has 0 spiro atoms. The van der Waals surface area contributed by atoms with Crippen molar-refractivity contribution in [1.82, 2.24) is 9.88 Å². The number of rotatable bonds is 6. The van der Waals surface area contributed by atoms with Crippen molar-refractivity contribution >= 4 is 39.1 Å². The van der Waals surface area contributed by atoms with Gasteiger partial charge in [-0.15, -0.1) is 0 Å². The Balaban J connectivity index is 1.61. The topological polar surface area (TPSA) is 117 Å². The summed E-state index contributed by atoms with van der Waals surface area (Å²) >= 11 is 0. The standard InChI is InChI=1S/C26H23F3N4O5S/c1-16-4-6-18(7-5-16)31-22(34)21-14-30-13-12-17(21)15-32-24(36)33(23(35)25(32,2)3)19-8-10-20(11-9-19)39(37,38)26(27,28)29/h4-14H,15H2,1-3H3,(H,31,34). The molecule has 4 rings (SSSR count). The van der Waals surface area contributed by atoms with E-state index in [-0.39, 0.29) is 17.8 Å². The van der Waals surface area contributed by atoms with E-state index < -0.39 is 43.6 Å². The van der Waals surface area contributed by atoms with Gasteiger partial charge in [0.05, 0.1) is 16.1 Å². The van der Waals surface area contributed by atoms with Crippen molar-refractivity contribution in [3.05, 3.63) is 83.7 Å². The van der Waals surface area contributed by atoms with E-state index in [1.807, 2.05) is 19.1 Å². The monoisotopic (exact) mass is 560 g/mol. The average molecular weight is 561 g/mol. The molecule has 0 unspecified atom stereocenters. The van der Waals surface area contributed by atoms with Crippen LogP contribution in [-0.2, 0) is 21.2 Å². The van der Waals surface area contributed by atoms with Crippen LogP contribution in [0.2, 0.25) is 0 Å². The SMILES string of the molecule is Cc1ccc(NC(=O)c2cnccc2CN2C(=O)N(c3ccc(S(=O)(=O)C(F)(F)F)cc3)C(=O)C2(C)C)cc1. The van der Waals surface area contributed by atoms with Gasteiger partial charge in [-0.3, -0.25) is 14.6 Å². The van der Waals surface area contributed by atoms with E-state index in [2.05, 4.69) is 10.3 Å². The summed E-state index contributed by atoms with van der Waals surface area (Å²) in [4.78, 5) is 44.6. The van der Waals surface area contributed by atoms with Crippen LogP contribution in [-0.4, -0.2) is 47.2 Å². The summed E-state index contributed by atoms with van der Waals surface area (Å²) in [6, 6.07) is 11.2. The number of sulfone groups is 1. The Morgan fingerprint density at radius 3 is 2.21 bits per heavy atom. The fourth-order valence-corrected chi connectivity index (χ4v) is 4.77. The molecule has 1 aromatic heterocycles. The van der Waals surface area contributed by atoms with E-state index in [4.69, 9.17) is 0 Å². The number of carbonyl (C=O) groups excluding carboxylic acids is 3. The van der Waals surface area contributed by atoms with Crippen LogP contribution in [0.5, 0.6) is 0 Å². The van der Waals surface area contributed by atoms with Gasteiger partial charge in [0.15, 0.2) is 0 Å². The van der Waals surface area contributed by atoms with Gasteiger partial charge in [-0.25, -0.2) is 18.1 Å². The highest BCUT2D eigenvalue weighted by atomic mass is 32.2. The number of carbonyl (C=O) groups is 3. The maximum absolute atomic E-state index is 13.4. The van der Waals surface area contributed by atoms with Crippen LogP contribution < -0.4 is 10.2 Å². The van der Waals surface area contributed by atoms with Crippen molar-refractivity contribution in [2.75, 3.05) is 10.2 Å². The minimum atomic E-state index is -5.60. The molecule has 0 bridgehead atoms. The first-order valence-corrected chi connectivity index (χ1v) is 13.0. The summed E-state index contributed by atoms with van der Waals surface area (Å²) in [6.07, 6.45) is 2.77. The number of anilines is 2. The molecular weight excluding hydrogens is 537 g/mol. The normalized spacial score (nSPS) is 15.5. The molecule has 1 saturated heterocycles. The summed E-state index contributed by atoms with van der Waals surface area (Å²) in [5.41, 5.74) is -4.87. The fraction of sp³-hybridized carbons (Fsp3) is 0.231. The molecule has 0 atom stereocenters. The van der Waals surface area contributed by atoms with Crippen LogP contribution in [0.1, 0.15) is 35.3 Å². The minimum absolute atomic E-state index is 0.103. The van der Waals surface area contributed by atoms with Crippen molar-refractivity contribution in [2.24, 2.45) is 0 Å². The van der Waals surface area contributed by atoms with Gasteiger partial charge in [-0.1, -0.05) is 17.7 Å². The Hall–Kier alpha value is -4.26. The number of urea groups is 1. The summed E-state index contributed by atoms with van der Waals surface area (Å²) < 4.78 is 62.0. The van der Waals surface area contributed by atoms with Gasteiger partial charge in [0, 0.05) is 24.6 Å². The van der Waals surface area contributed by atoms with E-state index in [0.29, 0.717) is 23.4 Å². The van der Waals surface area contributed by atoms with Gasteiger partial charge in [0.1, 0.15) is 5.54 Å². The molecule has 1 aliphatic rings. The number of imide groups is 1. The maximum Gasteiger partial charge on any atom is 0.501 e. The van der Waals surface area contributed by atoms with E-state index in [1.165, 1.54) is 37.2 Å². The first-order chi connectivity index (χ1) is 18.1. The molecule has 1 N–H and O–H groups in total. The molecule has 13 heteroatoms. The number of alkyl halides is 3. The van der Waals surface area contributed by atoms with Gasteiger partial charge in [0.25, 0.3) is 21.7 Å². The number of hydrogen-bond donors (Lipinski definition) is 1. The first-order valence-electron chi connectivity index (χ1n) is 11.5. The van der Waals surface area contributed by atoms with Crippen LogP contribution >= 0.6 is 0 Å². The number of hydrogen-bond acceptors (Lipinski definition) is 6. The highest BCUT2D eigenvalue weighted by Gasteiger charge is 2.52. The Bertz CT molecular complexity index is 1550. The Morgan fingerprint density at radius 2 is 1.62 bits per heavy atom. The predicted molar refractivity (Wildman–Crippen MR) is 136 cm³/mol. The molecule has 39 heavy (non-hydrogen) atoms. The predicted octanol–water partition coefficient (Wildman–Crippen LogP) is 4.68. The molecular formula is C26H23F3N4O5S. The van der Waals surface area contributed by atoms with Gasteiger partial charge in [-0.05, 0) is 68.8 Å². The summed E-state index contributed by atoms with van der Waals surface area (Å²) in [5, 5.41) is 2.77. The zero-order chi connectivity index (χ0) is 28.8. The lowest BCUT2D eigenvalue weighted by Crippen LogP contribution is -2.44. The smallest absolute Gasteiger partial charge is 0.322 e. The average Bonchev–Trinajstić information content (AvgIpc) is 3.04. The first kappa shape index (κ1) is 27.8. The molecule has 2 heterocycles. The summed E-state index contributed by atoms with van der Waals surface area (Å²) in [5.74, 6) is -1.16. The maximum atomic E-state index is 13.4. The number of nitrogens with zero attached hydrogens (tertiary/aromatic N) is 3. The number of halogens is 3. The zero-order valence-electron chi connectivity index (χ0n) is 21.0. The molecule has 1 fully saturated rings. The molecule has 1 aliphatic heterocycles. The number of aryl methyl sites for hydroxylation is 1. The van der Waals surface area contributed by atoms with Crippen LogP contribution in [0.15, 0.2) is 71.9 Å². The Morgan fingerprint density at radius 1 is 1.00 bits per heavy atom. The van der Waals surface area contributed by atoms with Gasteiger partial charge in [0.2, 0.25) is 0 Å². The quantitative estimate of drug-likeness (QED) is 0.438. The third kappa shape index (κ3) is 5.09. The van der Waals surface area contributed by atoms with Gasteiger partial charge in [-0.2, -0.15) is 13.2 Å². The summed E-state index contributed by atoms with van der Waals surface area (Å²) in [6.45, 7) is 4.72.